The Balaban J connectivity index is 1.49. The summed E-state index contributed by atoms with van der Waals surface area (Å²) in [5.41, 5.74) is 2.65. The van der Waals surface area contributed by atoms with Gasteiger partial charge in [0.05, 0.1) is 24.0 Å². The van der Waals surface area contributed by atoms with Gasteiger partial charge < -0.3 is 9.80 Å². The highest BCUT2D eigenvalue weighted by atomic mass is 16.2. The molecule has 0 atom stereocenters. The lowest BCUT2D eigenvalue weighted by Crippen LogP contribution is -2.45. The third-order valence-electron chi connectivity index (χ3n) is 5.54. The summed E-state index contributed by atoms with van der Waals surface area (Å²) in [6.07, 6.45) is 9.77. The molecule has 28 heavy (non-hydrogen) atoms. The van der Waals surface area contributed by atoms with Gasteiger partial charge in [-0.3, -0.25) is 19.4 Å². The fourth-order valence-corrected chi connectivity index (χ4v) is 3.79. The molecule has 0 radical (unpaired) electrons. The highest BCUT2D eigenvalue weighted by Crippen LogP contribution is 2.22. The molecule has 0 N–H and O–H groups in total. The van der Waals surface area contributed by atoms with Gasteiger partial charge in [-0.05, 0) is 44.5 Å². The van der Waals surface area contributed by atoms with Crippen molar-refractivity contribution in [3.05, 3.63) is 42.6 Å². The fraction of sp³-hybridized carbons (Fsp3) is 0.429. The number of hydrogen-bond acceptors (Lipinski definition) is 5. The monoisotopic (exact) mass is 378 g/mol. The average molecular weight is 378 g/mol. The molecule has 3 aromatic heterocycles. The van der Waals surface area contributed by atoms with Crippen LogP contribution in [0.4, 0.5) is 0 Å². The molecule has 1 amide bonds. The number of pyridine rings is 2. The Hall–Kier alpha value is -2.80. The van der Waals surface area contributed by atoms with Crippen molar-refractivity contribution < 1.29 is 4.79 Å². The van der Waals surface area contributed by atoms with Crippen LogP contribution in [0.5, 0.6) is 0 Å². The van der Waals surface area contributed by atoms with Crippen LogP contribution >= 0.6 is 0 Å². The first-order valence-corrected chi connectivity index (χ1v) is 9.67. The second kappa shape index (κ2) is 7.67. The minimum atomic E-state index is 0.158. The molecule has 3 aromatic rings. The molecular weight excluding hydrogens is 352 g/mol. The molecule has 0 saturated carbocycles. The Morgan fingerprint density at radius 3 is 2.54 bits per heavy atom. The van der Waals surface area contributed by atoms with E-state index in [0.717, 1.165) is 53.7 Å². The van der Waals surface area contributed by atoms with Gasteiger partial charge in [0.15, 0.2) is 0 Å². The molecule has 1 aliphatic heterocycles. The zero-order valence-corrected chi connectivity index (χ0v) is 16.7. The first-order chi connectivity index (χ1) is 13.5. The van der Waals surface area contributed by atoms with E-state index in [-0.39, 0.29) is 5.91 Å². The summed E-state index contributed by atoms with van der Waals surface area (Å²) in [5.74, 6) is 0.158. The van der Waals surface area contributed by atoms with E-state index in [4.69, 9.17) is 0 Å². The number of rotatable bonds is 4. The summed E-state index contributed by atoms with van der Waals surface area (Å²) in [5, 5.41) is 6.22. The van der Waals surface area contributed by atoms with E-state index in [0.29, 0.717) is 12.5 Å². The van der Waals surface area contributed by atoms with Crippen LogP contribution < -0.4 is 0 Å². The highest BCUT2D eigenvalue weighted by molar-refractivity contribution is 5.86. The molecule has 7 nitrogen and oxygen atoms in total. The molecule has 1 aliphatic rings. The van der Waals surface area contributed by atoms with Gasteiger partial charge >= 0.3 is 0 Å². The smallest absolute Gasteiger partial charge is 0.228 e. The van der Waals surface area contributed by atoms with E-state index in [2.05, 4.69) is 34.1 Å². The third-order valence-corrected chi connectivity index (χ3v) is 5.54. The molecule has 0 bridgehead atoms. The number of piperidine rings is 1. The van der Waals surface area contributed by atoms with Crippen molar-refractivity contribution in [1.29, 1.82) is 0 Å². The highest BCUT2D eigenvalue weighted by Gasteiger charge is 2.24. The van der Waals surface area contributed by atoms with E-state index >= 15 is 0 Å². The molecule has 1 fully saturated rings. The molecule has 0 aromatic carbocycles. The summed E-state index contributed by atoms with van der Waals surface area (Å²) in [6, 6.07) is 4.60. The minimum Gasteiger partial charge on any atom is -0.342 e. The maximum atomic E-state index is 12.7. The van der Waals surface area contributed by atoms with E-state index in [1.165, 1.54) is 0 Å². The lowest BCUT2D eigenvalue weighted by Gasteiger charge is -2.35. The average Bonchev–Trinajstić information content (AvgIpc) is 3.14. The van der Waals surface area contributed by atoms with E-state index < -0.39 is 0 Å². The van der Waals surface area contributed by atoms with Crippen molar-refractivity contribution in [3.8, 4) is 11.3 Å². The molecule has 0 spiro atoms. The molecular formula is C21H26N6O. The number of amides is 1. The first-order valence-electron chi connectivity index (χ1n) is 9.67. The number of fused-ring (bicyclic) bond motifs is 1. The van der Waals surface area contributed by atoms with Gasteiger partial charge in [-0.1, -0.05) is 0 Å². The molecule has 4 heterocycles. The lowest BCUT2D eigenvalue weighted by molar-refractivity contribution is -0.132. The second-order valence-electron chi connectivity index (χ2n) is 7.75. The van der Waals surface area contributed by atoms with Gasteiger partial charge in [0.2, 0.25) is 5.91 Å². The van der Waals surface area contributed by atoms with Crippen LogP contribution in [0.15, 0.2) is 36.9 Å². The zero-order chi connectivity index (χ0) is 19.7. The number of carbonyl (C=O) groups is 1. The van der Waals surface area contributed by atoms with Crippen molar-refractivity contribution in [2.24, 2.45) is 7.05 Å². The lowest BCUT2D eigenvalue weighted by atomic mass is 10.0. The molecule has 0 aliphatic carbocycles. The Bertz CT molecular complexity index is 987. The molecule has 1 saturated heterocycles. The maximum absolute atomic E-state index is 12.7. The van der Waals surface area contributed by atoms with Gasteiger partial charge in [-0.25, -0.2) is 0 Å². The normalized spacial score (nSPS) is 15.5. The molecule has 146 valence electrons. The van der Waals surface area contributed by atoms with Crippen molar-refractivity contribution in [1.82, 2.24) is 29.5 Å². The van der Waals surface area contributed by atoms with Crippen LogP contribution in [0.1, 0.15) is 18.5 Å². The van der Waals surface area contributed by atoms with Gasteiger partial charge in [0.1, 0.15) is 0 Å². The fourth-order valence-electron chi connectivity index (χ4n) is 3.79. The number of nitrogens with zero attached hydrogens (tertiary/aromatic N) is 6. The van der Waals surface area contributed by atoms with Crippen LogP contribution in [-0.4, -0.2) is 68.7 Å². The number of aryl methyl sites for hydroxylation is 1. The van der Waals surface area contributed by atoms with Crippen LogP contribution in [0.2, 0.25) is 0 Å². The Kier molecular flexibility index (Phi) is 5.09. The van der Waals surface area contributed by atoms with Crippen molar-refractivity contribution in [2.75, 3.05) is 27.2 Å². The topological polar surface area (TPSA) is 67.2 Å². The summed E-state index contributed by atoms with van der Waals surface area (Å²) < 4.78 is 1.76. The first kappa shape index (κ1) is 18.6. The van der Waals surface area contributed by atoms with E-state index in [9.17, 15) is 4.79 Å². The largest absolute Gasteiger partial charge is 0.342 e. The van der Waals surface area contributed by atoms with Crippen molar-refractivity contribution in [3.63, 3.8) is 0 Å². The number of likely N-dealkylation sites (tertiary alicyclic amines) is 1. The molecule has 4 rings (SSSR count). The number of carbonyl (C=O) groups excluding carboxylic acids is 1. The maximum Gasteiger partial charge on any atom is 0.228 e. The predicted molar refractivity (Wildman–Crippen MR) is 109 cm³/mol. The Morgan fingerprint density at radius 2 is 1.86 bits per heavy atom. The van der Waals surface area contributed by atoms with Crippen molar-refractivity contribution in [2.45, 2.75) is 25.3 Å². The van der Waals surface area contributed by atoms with Gasteiger partial charge in [0.25, 0.3) is 0 Å². The summed E-state index contributed by atoms with van der Waals surface area (Å²) in [7, 11) is 6.10. The van der Waals surface area contributed by atoms with Crippen LogP contribution in [0.25, 0.3) is 22.0 Å². The quantitative estimate of drug-likeness (QED) is 0.696. The summed E-state index contributed by atoms with van der Waals surface area (Å²) in [4.78, 5) is 25.9. The van der Waals surface area contributed by atoms with Crippen LogP contribution in [-0.2, 0) is 18.3 Å². The zero-order valence-electron chi connectivity index (χ0n) is 16.7. The van der Waals surface area contributed by atoms with Crippen molar-refractivity contribution >= 4 is 16.7 Å². The minimum absolute atomic E-state index is 0.158. The third kappa shape index (κ3) is 3.89. The predicted octanol–water partition coefficient (Wildman–Crippen LogP) is 2.13. The van der Waals surface area contributed by atoms with Gasteiger partial charge in [0, 0.05) is 55.7 Å². The van der Waals surface area contributed by atoms with Gasteiger partial charge in [-0.2, -0.15) is 5.10 Å². The number of aromatic nitrogens is 4. The molecule has 0 unspecified atom stereocenters. The Labute approximate surface area is 165 Å². The van der Waals surface area contributed by atoms with E-state index in [1.54, 1.807) is 17.1 Å². The number of hydrogen-bond donors (Lipinski definition) is 0. The van der Waals surface area contributed by atoms with Crippen LogP contribution in [0, 0.1) is 0 Å². The second-order valence-corrected chi connectivity index (χ2v) is 7.75. The SMILES string of the molecule is CN(C)C1CCN(C(=O)Cc2cc3cc(-c4cnn(C)c4)ncc3cn2)CC1. The van der Waals surface area contributed by atoms with E-state index in [1.807, 2.05) is 36.5 Å². The summed E-state index contributed by atoms with van der Waals surface area (Å²) >= 11 is 0. The summed E-state index contributed by atoms with van der Waals surface area (Å²) in [6.45, 7) is 1.65. The standard InChI is InChI=1S/C21H26N6O/c1-25(2)19-4-6-27(7-5-19)21(28)10-18-8-15-9-20(17-13-24-26(3)14-17)23-12-16(15)11-22-18/h8-9,11-14,19H,4-7,10H2,1-3H3. The van der Waals surface area contributed by atoms with Gasteiger partial charge in [-0.15, -0.1) is 0 Å². The Morgan fingerprint density at radius 1 is 1.11 bits per heavy atom. The molecule has 7 heteroatoms. The van der Waals surface area contributed by atoms with Crippen LogP contribution in [0.3, 0.4) is 0 Å².